The number of carbonyl (C=O) groups excluding carboxylic acids is 2. The predicted octanol–water partition coefficient (Wildman–Crippen LogP) is 2.17. The Balaban J connectivity index is 2.06. The summed E-state index contributed by atoms with van der Waals surface area (Å²) in [6.07, 6.45) is 0.798. The Morgan fingerprint density at radius 2 is 1.87 bits per heavy atom. The number of nitrogens with one attached hydrogen (secondary N) is 2. The molecule has 0 fully saturated rings. The first-order valence-corrected chi connectivity index (χ1v) is 9.49. The third-order valence-corrected chi connectivity index (χ3v) is 4.40. The maximum Gasteiger partial charge on any atom is 0.335 e. The van der Waals surface area contributed by atoms with Crippen LogP contribution in [-0.4, -0.2) is 38.2 Å². The molecule has 9 heteroatoms. The van der Waals surface area contributed by atoms with Crippen molar-refractivity contribution in [1.82, 2.24) is 10.7 Å². The molecule has 0 spiro atoms. The summed E-state index contributed by atoms with van der Waals surface area (Å²) in [5, 5.41) is 7.03. The lowest BCUT2D eigenvalue weighted by molar-refractivity contribution is -0.139. The number of ether oxygens (including phenoxy) is 3. The highest BCUT2D eigenvalue weighted by Gasteiger charge is 2.22. The van der Waals surface area contributed by atoms with Crippen LogP contribution in [0, 0.1) is 0 Å². The molecule has 1 heterocycles. The Morgan fingerprint density at radius 3 is 2.53 bits per heavy atom. The maximum atomic E-state index is 12.1. The molecule has 0 saturated heterocycles. The summed E-state index contributed by atoms with van der Waals surface area (Å²) >= 11 is 0. The van der Waals surface area contributed by atoms with Crippen LogP contribution in [0.4, 0.5) is 10.5 Å². The lowest BCUT2D eigenvalue weighted by Crippen LogP contribution is -2.33. The lowest BCUT2D eigenvalue weighted by atomic mass is 9.95. The Labute approximate surface area is 174 Å². The maximum absolute atomic E-state index is 12.1. The molecule has 0 radical (unpaired) electrons. The van der Waals surface area contributed by atoms with E-state index < -0.39 is 12.0 Å². The summed E-state index contributed by atoms with van der Waals surface area (Å²) in [6.45, 7) is 2.56. The van der Waals surface area contributed by atoms with Crippen molar-refractivity contribution in [1.29, 1.82) is 0 Å². The van der Waals surface area contributed by atoms with E-state index in [1.165, 1.54) is 7.11 Å². The number of nitrogen functional groups attached to an aromatic ring is 1. The fourth-order valence-corrected chi connectivity index (χ4v) is 2.88. The largest absolute Gasteiger partial charge is 0.469 e. The van der Waals surface area contributed by atoms with Gasteiger partial charge in [0.05, 0.1) is 19.2 Å². The molecule has 9 nitrogen and oxygen atoms in total. The minimum absolute atomic E-state index is 0.00149. The fourth-order valence-electron chi connectivity index (χ4n) is 2.88. The average molecular weight is 412 g/mol. The summed E-state index contributed by atoms with van der Waals surface area (Å²) in [4.78, 5) is 24.0. The molecule has 0 aromatic heterocycles. The van der Waals surface area contributed by atoms with Crippen LogP contribution in [0.5, 0.6) is 11.5 Å². The predicted molar refractivity (Wildman–Crippen MR) is 112 cm³/mol. The Hall–Kier alpha value is -3.75. The number of carbonyl (C=O) groups is 2. The number of nitrogens with two attached hydrogens (primary N) is 1. The van der Waals surface area contributed by atoms with Crippen LogP contribution in [0.2, 0.25) is 0 Å². The molecular formula is C21H24N4O5. The van der Waals surface area contributed by atoms with Gasteiger partial charge in [0, 0.05) is 23.4 Å². The van der Waals surface area contributed by atoms with E-state index in [1.54, 1.807) is 36.4 Å². The van der Waals surface area contributed by atoms with Crippen molar-refractivity contribution >= 4 is 23.4 Å². The second-order valence-electron chi connectivity index (χ2n) is 6.57. The molecule has 0 unspecified atom stereocenters. The molecule has 0 aliphatic carbocycles. The van der Waals surface area contributed by atoms with Crippen molar-refractivity contribution in [3.8, 4) is 11.5 Å². The molecule has 3 rings (SSSR count). The van der Waals surface area contributed by atoms with Crippen LogP contribution < -0.4 is 25.9 Å². The van der Waals surface area contributed by atoms with Crippen molar-refractivity contribution in [2.24, 2.45) is 5.10 Å². The van der Waals surface area contributed by atoms with Crippen LogP contribution in [-0.2, 0) is 16.0 Å². The summed E-state index contributed by atoms with van der Waals surface area (Å²) in [5.74, 6) is 0.639. The van der Waals surface area contributed by atoms with Gasteiger partial charge < -0.3 is 25.3 Å². The molecule has 1 aliphatic heterocycles. The summed E-state index contributed by atoms with van der Waals surface area (Å²) in [5.41, 5.74) is 11.3. The Kier molecular flexibility index (Phi) is 6.74. The van der Waals surface area contributed by atoms with E-state index in [0.717, 1.165) is 6.42 Å². The number of rotatable bonds is 7. The quantitative estimate of drug-likeness (QED) is 0.277. The number of nitrogens with zero attached hydrogens (tertiary/aromatic N) is 1. The molecule has 4 N–H and O–H groups in total. The van der Waals surface area contributed by atoms with E-state index in [2.05, 4.69) is 15.8 Å². The first-order valence-electron chi connectivity index (χ1n) is 9.49. The Bertz CT molecular complexity index is 957. The monoisotopic (exact) mass is 412 g/mol. The van der Waals surface area contributed by atoms with Crippen LogP contribution in [0.1, 0.15) is 30.0 Å². The third kappa shape index (κ3) is 4.99. The van der Waals surface area contributed by atoms with Crippen molar-refractivity contribution < 1.29 is 23.8 Å². The van der Waals surface area contributed by atoms with Gasteiger partial charge in [0.1, 0.15) is 0 Å². The lowest BCUT2D eigenvalue weighted by Gasteiger charge is -2.14. The van der Waals surface area contributed by atoms with E-state index >= 15 is 0 Å². The van der Waals surface area contributed by atoms with Gasteiger partial charge in [-0.2, -0.15) is 5.10 Å². The standard InChI is InChI=1S/C21H24N4O5/c1-3-8-23-21(27)25-24-20(13-4-6-15(22)7-5-13)16-11-18-17(29-12-30-18)9-14(16)10-19(26)28-2/h4-7,9,11H,3,8,10,12,22H2,1-2H3,(H2,23,25,27)/b24-20+. The zero-order chi connectivity index (χ0) is 21.5. The van der Waals surface area contributed by atoms with Gasteiger partial charge in [0.25, 0.3) is 0 Å². The van der Waals surface area contributed by atoms with Crippen LogP contribution in [0.3, 0.4) is 0 Å². The zero-order valence-corrected chi connectivity index (χ0v) is 16.9. The van der Waals surface area contributed by atoms with E-state index in [0.29, 0.717) is 46.1 Å². The fraction of sp³-hybridized carbons (Fsp3) is 0.286. The number of anilines is 1. The minimum Gasteiger partial charge on any atom is -0.469 e. The van der Waals surface area contributed by atoms with Gasteiger partial charge in [-0.25, -0.2) is 10.2 Å². The van der Waals surface area contributed by atoms with Gasteiger partial charge in [-0.15, -0.1) is 0 Å². The molecule has 0 atom stereocenters. The Morgan fingerprint density at radius 1 is 1.17 bits per heavy atom. The summed E-state index contributed by atoms with van der Waals surface area (Å²) < 4.78 is 15.8. The van der Waals surface area contributed by atoms with Crippen molar-refractivity contribution in [3.05, 3.63) is 53.1 Å². The number of fused-ring (bicyclic) bond motifs is 1. The van der Waals surface area contributed by atoms with Crippen LogP contribution in [0.25, 0.3) is 0 Å². The second-order valence-corrected chi connectivity index (χ2v) is 6.57. The SMILES string of the molecule is CCCNC(=O)N/N=C(\c1ccc(N)cc1)c1cc2c(cc1CC(=O)OC)OCO2. The summed E-state index contributed by atoms with van der Waals surface area (Å²) in [7, 11) is 1.32. The zero-order valence-electron chi connectivity index (χ0n) is 16.9. The molecule has 30 heavy (non-hydrogen) atoms. The van der Waals surface area contributed by atoms with Crippen molar-refractivity contribution in [3.63, 3.8) is 0 Å². The van der Waals surface area contributed by atoms with E-state index in [1.807, 2.05) is 6.92 Å². The van der Waals surface area contributed by atoms with Gasteiger partial charge in [0.2, 0.25) is 6.79 Å². The number of hydrogen-bond donors (Lipinski definition) is 3. The average Bonchev–Trinajstić information content (AvgIpc) is 3.20. The van der Waals surface area contributed by atoms with Crippen LogP contribution >= 0.6 is 0 Å². The minimum atomic E-state index is -0.431. The number of urea groups is 1. The third-order valence-electron chi connectivity index (χ3n) is 4.40. The van der Waals surface area contributed by atoms with E-state index in [-0.39, 0.29) is 13.2 Å². The van der Waals surface area contributed by atoms with Crippen molar-refractivity contribution in [2.75, 3.05) is 26.2 Å². The molecule has 2 aromatic carbocycles. The summed E-state index contributed by atoms with van der Waals surface area (Å²) in [6, 6.07) is 10.1. The highest BCUT2D eigenvalue weighted by molar-refractivity contribution is 6.14. The number of esters is 1. The van der Waals surface area contributed by atoms with E-state index in [9.17, 15) is 9.59 Å². The number of amides is 2. The highest BCUT2D eigenvalue weighted by Crippen LogP contribution is 2.36. The van der Waals surface area contributed by atoms with Gasteiger partial charge in [-0.05, 0) is 36.2 Å². The molecule has 1 aliphatic rings. The first-order chi connectivity index (χ1) is 14.5. The molecule has 0 bridgehead atoms. The topological polar surface area (TPSA) is 124 Å². The van der Waals surface area contributed by atoms with Gasteiger partial charge >= 0.3 is 12.0 Å². The first kappa shape index (κ1) is 21.0. The molecular weight excluding hydrogens is 388 g/mol. The smallest absolute Gasteiger partial charge is 0.335 e. The number of hydrogen-bond acceptors (Lipinski definition) is 7. The molecule has 2 aromatic rings. The molecule has 158 valence electrons. The van der Waals surface area contributed by atoms with E-state index in [4.69, 9.17) is 19.9 Å². The highest BCUT2D eigenvalue weighted by atomic mass is 16.7. The number of methoxy groups -OCH3 is 1. The second kappa shape index (κ2) is 9.64. The van der Waals surface area contributed by atoms with Gasteiger partial charge in [-0.1, -0.05) is 19.1 Å². The molecule has 0 saturated carbocycles. The normalized spacial score (nSPS) is 12.4. The molecule has 2 amide bonds. The van der Waals surface area contributed by atoms with Crippen LogP contribution in [0.15, 0.2) is 41.5 Å². The number of benzene rings is 2. The van der Waals surface area contributed by atoms with Crippen molar-refractivity contribution in [2.45, 2.75) is 19.8 Å². The number of hydrazone groups is 1. The van der Waals surface area contributed by atoms with Gasteiger partial charge in [0.15, 0.2) is 11.5 Å². The van der Waals surface area contributed by atoms with Gasteiger partial charge in [-0.3, -0.25) is 4.79 Å².